The summed E-state index contributed by atoms with van der Waals surface area (Å²) in [6.07, 6.45) is 7.66. The van der Waals surface area contributed by atoms with Gasteiger partial charge in [-0.25, -0.2) is 8.42 Å². The van der Waals surface area contributed by atoms with Crippen LogP contribution in [0.2, 0.25) is 5.02 Å². The van der Waals surface area contributed by atoms with Crippen LogP contribution in [0.15, 0.2) is 36.7 Å². The van der Waals surface area contributed by atoms with Gasteiger partial charge in [0, 0.05) is 34.1 Å². The third kappa shape index (κ3) is 3.20. The van der Waals surface area contributed by atoms with Crippen LogP contribution in [0, 0.1) is 0 Å². The Hall–Kier alpha value is -2.38. The summed E-state index contributed by atoms with van der Waals surface area (Å²) in [6, 6.07) is 7.61. The van der Waals surface area contributed by atoms with Crippen molar-refractivity contribution in [2.75, 3.05) is 16.9 Å². The molecule has 1 amide bonds. The molecular formula is C22H22ClN3O3S. The Morgan fingerprint density at radius 3 is 2.80 bits per heavy atom. The molecule has 2 aromatic heterocycles. The summed E-state index contributed by atoms with van der Waals surface area (Å²) in [6.45, 7) is 0.403. The Morgan fingerprint density at radius 1 is 1.27 bits per heavy atom. The first-order valence-electron chi connectivity index (χ1n) is 10.0. The molecule has 0 unspecified atom stereocenters. The zero-order chi connectivity index (χ0) is 21.1. The van der Waals surface area contributed by atoms with Crippen LogP contribution in [0.3, 0.4) is 0 Å². The van der Waals surface area contributed by atoms with Crippen LogP contribution < -0.4 is 4.90 Å². The van der Waals surface area contributed by atoms with Gasteiger partial charge in [-0.2, -0.15) is 0 Å². The predicted octanol–water partition coefficient (Wildman–Crippen LogP) is 3.77. The number of aromatic amines is 1. The van der Waals surface area contributed by atoms with E-state index in [4.69, 9.17) is 11.6 Å². The summed E-state index contributed by atoms with van der Waals surface area (Å²) in [5.74, 6) is 0.259. The highest BCUT2D eigenvalue weighted by Crippen LogP contribution is 2.57. The van der Waals surface area contributed by atoms with Gasteiger partial charge in [-0.3, -0.25) is 9.78 Å². The number of amides is 1. The minimum absolute atomic E-state index is 0.129. The lowest BCUT2D eigenvalue weighted by molar-refractivity contribution is -0.120. The Balaban J connectivity index is 1.52. The first-order valence-corrected chi connectivity index (χ1v) is 12.5. The molecule has 3 heterocycles. The highest BCUT2D eigenvalue weighted by molar-refractivity contribution is 7.90. The van der Waals surface area contributed by atoms with Crippen LogP contribution in [0.4, 0.5) is 5.69 Å². The number of nitrogens with one attached hydrogen (secondary N) is 1. The largest absolute Gasteiger partial charge is 0.357 e. The maximum atomic E-state index is 13.3. The van der Waals surface area contributed by atoms with Crippen LogP contribution in [0.25, 0.3) is 10.9 Å². The first kappa shape index (κ1) is 19.6. The second kappa shape index (κ2) is 6.82. The molecule has 1 spiro atoms. The van der Waals surface area contributed by atoms with E-state index in [1.807, 2.05) is 29.2 Å². The molecule has 1 aliphatic carbocycles. The van der Waals surface area contributed by atoms with Gasteiger partial charge in [0.1, 0.15) is 9.84 Å². The van der Waals surface area contributed by atoms with E-state index in [1.54, 1.807) is 12.4 Å². The van der Waals surface area contributed by atoms with E-state index in [9.17, 15) is 13.2 Å². The van der Waals surface area contributed by atoms with E-state index >= 15 is 0 Å². The van der Waals surface area contributed by atoms with Crippen LogP contribution in [-0.2, 0) is 33.0 Å². The van der Waals surface area contributed by atoms with E-state index in [0.29, 0.717) is 24.4 Å². The molecule has 1 saturated carbocycles. The molecule has 0 radical (unpaired) electrons. The molecular weight excluding hydrogens is 422 g/mol. The molecule has 3 aromatic rings. The molecule has 1 fully saturated rings. The topological polar surface area (TPSA) is 83.1 Å². The summed E-state index contributed by atoms with van der Waals surface area (Å²) in [7, 11) is -3.03. The summed E-state index contributed by atoms with van der Waals surface area (Å²) < 4.78 is 23.2. The second-order valence-electron chi connectivity index (χ2n) is 8.37. The Morgan fingerprint density at radius 2 is 2.07 bits per heavy atom. The number of hydrogen-bond donors (Lipinski definition) is 1. The monoisotopic (exact) mass is 443 g/mol. The number of halogens is 1. The summed E-state index contributed by atoms with van der Waals surface area (Å²) in [5.41, 5.74) is 4.43. The average molecular weight is 444 g/mol. The number of H-pyrrole nitrogens is 1. The van der Waals surface area contributed by atoms with E-state index in [2.05, 4.69) is 9.97 Å². The van der Waals surface area contributed by atoms with Gasteiger partial charge >= 0.3 is 0 Å². The number of anilines is 1. The Labute approximate surface area is 180 Å². The number of sulfone groups is 1. The standard InChI is InChI=1S/C22H22ClN3O3S/c1-30(28,29)10-2-3-15-16-5-4-14(23)11-18(16)25-19(15)13-26-20-12-24-9-6-17(20)22(7-8-22)21(26)27/h4-6,9,11-12,25H,2-3,7-8,10,13H2,1H3. The molecule has 6 nitrogen and oxygen atoms in total. The normalized spacial score (nSPS) is 17.1. The van der Waals surface area contributed by atoms with E-state index in [-0.39, 0.29) is 17.1 Å². The van der Waals surface area contributed by atoms with Crippen molar-refractivity contribution >= 4 is 43.9 Å². The molecule has 0 bridgehead atoms. The van der Waals surface area contributed by atoms with Crippen molar-refractivity contribution in [2.45, 2.75) is 37.6 Å². The number of carbonyl (C=O) groups excluding carboxylic acids is 1. The number of carbonyl (C=O) groups is 1. The van der Waals surface area contributed by atoms with Gasteiger partial charge < -0.3 is 9.88 Å². The minimum atomic E-state index is -3.03. The highest BCUT2D eigenvalue weighted by atomic mass is 35.5. The smallest absolute Gasteiger partial charge is 0.238 e. The molecule has 1 aliphatic heterocycles. The summed E-state index contributed by atoms with van der Waals surface area (Å²) in [5, 5.41) is 1.64. The summed E-state index contributed by atoms with van der Waals surface area (Å²) >= 11 is 6.18. The van der Waals surface area contributed by atoms with Crippen molar-refractivity contribution in [1.82, 2.24) is 9.97 Å². The second-order valence-corrected chi connectivity index (χ2v) is 11.1. The summed E-state index contributed by atoms with van der Waals surface area (Å²) in [4.78, 5) is 22.8. The molecule has 5 rings (SSSR count). The van der Waals surface area contributed by atoms with Crippen molar-refractivity contribution in [1.29, 1.82) is 0 Å². The van der Waals surface area contributed by atoms with E-state index in [0.717, 1.165) is 46.3 Å². The number of nitrogens with zero attached hydrogens (tertiary/aromatic N) is 2. The highest BCUT2D eigenvalue weighted by Gasteiger charge is 2.59. The Bertz CT molecular complexity index is 1280. The lowest BCUT2D eigenvalue weighted by Crippen LogP contribution is -2.32. The number of pyridine rings is 1. The fraction of sp³-hybridized carbons (Fsp3) is 0.364. The molecule has 2 aliphatic rings. The third-order valence-electron chi connectivity index (χ3n) is 6.23. The first-order chi connectivity index (χ1) is 14.3. The molecule has 30 heavy (non-hydrogen) atoms. The number of benzene rings is 1. The lowest BCUT2D eigenvalue weighted by Gasteiger charge is -2.18. The van der Waals surface area contributed by atoms with Crippen LogP contribution in [0.5, 0.6) is 0 Å². The van der Waals surface area contributed by atoms with Crippen molar-refractivity contribution in [3.63, 3.8) is 0 Å². The molecule has 0 saturated heterocycles. The van der Waals surface area contributed by atoms with Gasteiger partial charge in [-0.05, 0) is 55.0 Å². The van der Waals surface area contributed by atoms with E-state index in [1.165, 1.54) is 6.26 Å². The Kier molecular flexibility index (Phi) is 4.45. The number of aromatic nitrogens is 2. The maximum Gasteiger partial charge on any atom is 0.238 e. The number of fused-ring (bicyclic) bond motifs is 3. The molecule has 0 atom stereocenters. The molecule has 1 N–H and O–H groups in total. The van der Waals surface area contributed by atoms with Gasteiger partial charge in [0.25, 0.3) is 0 Å². The van der Waals surface area contributed by atoms with Crippen molar-refractivity contribution in [2.24, 2.45) is 0 Å². The number of hydrogen-bond acceptors (Lipinski definition) is 4. The van der Waals surface area contributed by atoms with Crippen molar-refractivity contribution in [3.05, 3.63) is 58.5 Å². The van der Waals surface area contributed by atoms with Gasteiger partial charge in [0.05, 0.1) is 29.6 Å². The zero-order valence-electron chi connectivity index (χ0n) is 16.6. The van der Waals surface area contributed by atoms with Crippen LogP contribution >= 0.6 is 11.6 Å². The molecule has 1 aromatic carbocycles. The van der Waals surface area contributed by atoms with Gasteiger partial charge in [-0.1, -0.05) is 17.7 Å². The van der Waals surface area contributed by atoms with Gasteiger partial charge in [-0.15, -0.1) is 0 Å². The van der Waals surface area contributed by atoms with Crippen molar-refractivity contribution < 1.29 is 13.2 Å². The SMILES string of the molecule is CS(=O)(=O)CCCc1c(CN2C(=O)C3(CC3)c3ccncc32)[nH]c2cc(Cl)ccc12. The fourth-order valence-corrected chi connectivity index (χ4v) is 5.47. The van der Waals surface area contributed by atoms with Crippen LogP contribution in [0.1, 0.15) is 36.1 Å². The van der Waals surface area contributed by atoms with Gasteiger partial charge in [0.15, 0.2) is 0 Å². The van der Waals surface area contributed by atoms with Gasteiger partial charge in [0.2, 0.25) is 5.91 Å². The zero-order valence-corrected chi connectivity index (χ0v) is 18.2. The van der Waals surface area contributed by atoms with Crippen LogP contribution in [-0.4, -0.2) is 36.3 Å². The minimum Gasteiger partial charge on any atom is -0.357 e. The third-order valence-corrected chi connectivity index (χ3v) is 7.49. The molecule has 8 heteroatoms. The van der Waals surface area contributed by atoms with E-state index < -0.39 is 9.84 Å². The number of rotatable bonds is 6. The fourth-order valence-electron chi connectivity index (χ4n) is 4.63. The van der Waals surface area contributed by atoms with Crippen molar-refractivity contribution in [3.8, 4) is 0 Å². The molecule has 156 valence electrons. The number of aryl methyl sites for hydroxylation is 1. The predicted molar refractivity (Wildman–Crippen MR) is 118 cm³/mol. The quantitative estimate of drug-likeness (QED) is 0.628. The average Bonchev–Trinajstić information content (AvgIpc) is 3.38. The maximum absolute atomic E-state index is 13.3. The lowest BCUT2D eigenvalue weighted by atomic mass is 9.99.